The minimum absolute atomic E-state index is 0.0688. The first kappa shape index (κ1) is 17.8. The topological polar surface area (TPSA) is 108 Å². The van der Waals surface area contributed by atoms with E-state index >= 15 is 0 Å². The predicted molar refractivity (Wildman–Crippen MR) is 94.7 cm³/mol. The van der Waals surface area contributed by atoms with Crippen molar-refractivity contribution in [2.45, 2.75) is 12.1 Å². The standard InChI is InChI=1S/C16H17N3O4S/c20-10-14(18-16(24)17-12-4-2-1-3-5-12)15(21)11-6-8-13(9-7-11)19(22)23/h1-9,14-15,20-21H,10H2,(H2,17,18,24)/t14-,15-/m0/s1. The van der Waals surface area contributed by atoms with Gasteiger partial charge in [0.15, 0.2) is 5.11 Å². The maximum Gasteiger partial charge on any atom is 0.269 e. The molecule has 8 heteroatoms. The van der Waals surface area contributed by atoms with Gasteiger partial charge in [-0.15, -0.1) is 0 Å². The summed E-state index contributed by atoms with van der Waals surface area (Å²) < 4.78 is 0. The second kappa shape index (κ2) is 8.34. The molecule has 0 bridgehead atoms. The molecule has 0 fully saturated rings. The predicted octanol–water partition coefficient (Wildman–Crippen LogP) is 1.98. The van der Waals surface area contributed by atoms with Crippen LogP contribution in [0.1, 0.15) is 11.7 Å². The molecular weight excluding hydrogens is 330 g/mol. The van der Waals surface area contributed by atoms with Crippen molar-refractivity contribution in [1.29, 1.82) is 0 Å². The minimum Gasteiger partial charge on any atom is -0.394 e. The molecular formula is C16H17N3O4S. The summed E-state index contributed by atoms with van der Waals surface area (Å²) in [6.45, 7) is -0.366. The van der Waals surface area contributed by atoms with E-state index in [1.807, 2.05) is 30.3 Å². The van der Waals surface area contributed by atoms with E-state index in [1.54, 1.807) is 0 Å². The fourth-order valence-corrected chi connectivity index (χ4v) is 2.38. The third kappa shape index (κ3) is 4.72. The summed E-state index contributed by atoms with van der Waals surface area (Å²) in [4.78, 5) is 10.1. The third-order valence-electron chi connectivity index (χ3n) is 3.37. The van der Waals surface area contributed by atoms with Gasteiger partial charge in [-0.05, 0) is 42.0 Å². The lowest BCUT2D eigenvalue weighted by molar-refractivity contribution is -0.384. The van der Waals surface area contributed by atoms with Crippen molar-refractivity contribution in [3.05, 3.63) is 70.3 Å². The SMILES string of the molecule is O=[N+]([O-])c1ccc([C@H](O)[C@H](CO)NC(=S)Nc2ccccc2)cc1. The average molecular weight is 347 g/mol. The number of aliphatic hydroxyl groups excluding tert-OH is 2. The molecule has 0 unspecified atom stereocenters. The largest absolute Gasteiger partial charge is 0.394 e. The van der Waals surface area contributed by atoms with E-state index in [4.69, 9.17) is 12.2 Å². The van der Waals surface area contributed by atoms with Crippen LogP contribution in [0.2, 0.25) is 0 Å². The van der Waals surface area contributed by atoms with Gasteiger partial charge in [-0.3, -0.25) is 10.1 Å². The Hall–Kier alpha value is -2.55. The van der Waals surface area contributed by atoms with Crippen molar-refractivity contribution in [3.8, 4) is 0 Å². The van der Waals surface area contributed by atoms with Crippen molar-refractivity contribution in [2.24, 2.45) is 0 Å². The van der Waals surface area contributed by atoms with Crippen molar-refractivity contribution < 1.29 is 15.1 Å². The lowest BCUT2D eigenvalue weighted by Gasteiger charge is -2.24. The lowest BCUT2D eigenvalue weighted by atomic mass is 10.0. The van der Waals surface area contributed by atoms with Crippen LogP contribution in [0.3, 0.4) is 0 Å². The maximum absolute atomic E-state index is 10.7. The number of para-hydroxylation sites is 1. The second-order valence-electron chi connectivity index (χ2n) is 5.05. The van der Waals surface area contributed by atoms with E-state index in [-0.39, 0.29) is 17.4 Å². The molecule has 0 aliphatic rings. The van der Waals surface area contributed by atoms with Crippen molar-refractivity contribution in [1.82, 2.24) is 5.32 Å². The summed E-state index contributed by atoms with van der Waals surface area (Å²) in [7, 11) is 0. The number of benzene rings is 2. The van der Waals surface area contributed by atoms with Crippen molar-refractivity contribution >= 4 is 28.7 Å². The van der Waals surface area contributed by atoms with E-state index in [1.165, 1.54) is 24.3 Å². The molecule has 126 valence electrons. The van der Waals surface area contributed by atoms with Gasteiger partial charge in [0.2, 0.25) is 0 Å². The number of nitro groups is 1. The highest BCUT2D eigenvalue weighted by atomic mass is 32.1. The second-order valence-corrected chi connectivity index (χ2v) is 5.46. The first-order valence-electron chi connectivity index (χ1n) is 7.17. The fraction of sp³-hybridized carbons (Fsp3) is 0.188. The van der Waals surface area contributed by atoms with Crippen molar-refractivity contribution in [3.63, 3.8) is 0 Å². The van der Waals surface area contributed by atoms with E-state index in [0.717, 1.165) is 5.69 Å². The molecule has 0 radical (unpaired) electrons. The van der Waals surface area contributed by atoms with Crippen LogP contribution in [0.4, 0.5) is 11.4 Å². The van der Waals surface area contributed by atoms with Gasteiger partial charge in [-0.25, -0.2) is 0 Å². The van der Waals surface area contributed by atoms with E-state index in [9.17, 15) is 20.3 Å². The van der Waals surface area contributed by atoms with E-state index in [2.05, 4.69) is 10.6 Å². The Morgan fingerprint density at radius 1 is 1.17 bits per heavy atom. The Morgan fingerprint density at radius 3 is 2.33 bits per heavy atom. The van der Waals surface area contributed by atoms with Gasteiger partial charge >= 0.3 is 0 Å². The molecule has 7 nitrogen and oxygen atoms in total. The molecule has 4 N–H and O–H groups in total. The van der Waals surface area contributed by atoms with Crippen LogP contribution in [-0.4, -0.2) is 32.9 Å². The molecule has 2 aromatic carbocycles. The van der Waals surface area contributed by atoms with Gasteiger partial charge in [-0.2, -0.15) is 0 Å². The zero-order valence-electron chi connectivity index (χ0n) is 12.6. The van der Waals surface area contributed by atoms with Crippen LogP contribution in [0, 0.1) is 10.1 Å². The molecule has 0 saturated heterocycles. The molecule has 0 amide bonds. The monoisotopic (exact) mass is 347 g/mol. The number of non-ortho nitro benzene ring substituents is 1. The first-order valence-corrected chi connectivity index (χ1v) is 7.58. The number of hydrogen-bond acceptors (Lipinski definition) is 5. The Morgan fingerprint density at radius 2 is 1.79 bits per heavy atom. The normalized spacial score (nSPS) is 12.9. The summed E-state index contributed by atoms with van der Waals surface area (Å²) in [6.07, 6.45) is -1.08. The third-order valence-corrected chi connectivity index (χ3v) is 3.59. The summed E-state index contributed by atoms with van der Waals surface area (Å²) in [6, 6.07) is 14.0. The number of nitrogens with one attached hydrogen (secondary N) is 2. The number of nitro benzene ring substituents is 1. The van der Waals surface area contributed by atoms with Crippen LogP contribution in [0.5, 0.6) is 0 Å². The molecule has 0 saturated carbocycles. The molecule has 2 aromatic rings. The molecule has 0 spiro atoms. The molecule has 2 rings (SSSR count). The highest BCUT2D eigenvalue weighted by Gasteiger charge is 2.21. The molecule has 0 heterocycles. The summed E-state index contributed by atoms with van der Waals surface area (Å²) in [5.74, 6) is 0. The van der Waals surface area contributed by atoms with Crippen LogP contribution < -0.4 is 10.6 Å². The average Bonchev–Trinajstić information content (AvgIpc) is 2.60. The number of nitrogens with zero attached hydrogens (tertiary/aromatic N) is 1. The number of hydrogen-bond donors (Lipinski definition) is 4. The number of thiocarbonyl (C=S) groups is 1. The van der Waals surface area contributed by atoms with Gasteiger partial charge < -0.3 is 20.8 Å². The Labute approximate surface area is 144 Å². The zero-order chi connectivity index (χ0) is 17.5. The van der Waals surface area contributed by atoms with Gasteiger partial charge in [0.1, 0.15) is 6.10 Å². The van der Waals surface area contributed by atoms with Crippen LogP contribution >= 0.6 is 12.2 Å². The highest BCUT2D eigenvalue weighted by Crippen LogP contribution is 2.20. The number of rotatable bonds is 6. The number of aliphatic hydroxyl groups is 2. The van der Waals surface area contributed by atoms with Crippen LogP contribution in [-0.2, 0) is 0 Å². The highest BCUT2D eigenvalue weighted by molar-refractivity contribution is 7.80. The number of anilines is 1. The Balaban J connectivity index is 2.01. The Bertz CT molecular complexity index is 694. The molecule has 0 aromatic heterocycles. The van der Waals surface area contributed by atoms with Crippen molar-refractivity contribution in [2.75, 3.05) is 11.9 Å². The van der Waals surface area contributed by atoms with Gasteiger partial charge in [0.25, 0.3) is 5.69 Å². The Kier molecular flexibility index (Phi) is 6.19. The smallest absolute Gasteiger partial charge is 0.269 e. The molecule has 0 aliphatic carbocycles. The molecule has 0 aliphatic heterocycles. The van der Waals surface area contributed by atoms with Gasteiger partial charge in [0, 0.05) is 17.8 Å². The minimum atomic E-state index is -1.08. The molecule has 24 heavy (non-hydrogen) atoms. The molecule has 2 atom stereocenters. The quantitative estimate of drug-likeness (QED) is 0.359. The van der Waals surface area contributed by atoms with Gasteiger partial charge in [-0.1, -0.05) is 18.2 Å². The summed E-state index contributed by atoms with van der Waals surface area (Å²) >= 11 is 5.17. The van der Waals surface area contributed by atoms with E-state index in [0.29, 0.717) is 5.56 Å². The summed E-state index contributed by atoms with van der Waals surface area (Å²) in [5, 5.41) is 36.5. The van der Waals surface area contributed by atoms with Crippen LogP contribution in [0.25, 0.3) is 0 Å². The van der Waals surface area contributed by atoms with Crippen LogP contribution in [0.15, 0.2) is 54.6 Å². The maximum atomic E-state index is 10.7. The first-order chi connectivity index (χ1) is 11.5. The van der Waals surface area contributed by atoms with Gasteiger partial charge in [0.05, 0.1) is 17.6 Å². The zero-order valence-corrected chi connectivity index (χ0v) is 13.4. The summed E-state index contributed by atoms with van der Waals surface area (Å²) in [5.41, 5.74) is 1.15. The lowest BCUT2D eigenvalue weighted by Crippen LogP contribution is -2.43. The van der Waals surface area contributed by atoms with E-state index < -0.39 is 17.1 Å². The fourth-order valence-electron chi connectivity index (χ4n) is 2.11.